The molecule has 8 nitrogen and oxygen atoms in total. The summed E-state index contributed by atoms with van der Waals surface area (Å²) in [5, 5.41) is 3.26. The van der Waals surface area contributed by atoms with Crippen molar-refractivity contribution >= 4 is 50.7 Å². The Balaban J connectivity index is 2.05. The first-order valence-electron chi connectivity index (χ1n) is 12.5. The predicted molar refractivity (Wildman–Crippen MR) is 158 cm³/mol. The minimum atomic E-state index is -4.23. The van der Waals surface area contributed by atoms with Gasteiger partial charge in [0.05, 0.1) is 22.7 Å². The lowest BCUT2D eigenvalue weighted by molar-refractivity contribution is -0.140. The normalized spacial score (nSPS) is 12.4. The highest BCUT2D eigenvalue weighted by Gasteiger charge is 2.34. The molecule has 0 spiro atoms. The number of carbonyl (C=O) groups is 2. The molecular formula is C29H33Cl2N3O5S. The Hall–Kier alpha value is -3.27. The minimum Gasteiger partial charge on any atom is -0.497 e. The van der Waals surface area contributed by atoms with E-state index >= 15 is 0 Å². The number of benzene rings is 3. The maximum atomic E-state index is 14.0. The van der Waals surface area contributed by atoms with Crippen molar-refractivity contribution in [2.24, 2.45) is 0 Å². The van der Waals surface area contributed by atoms with Crippen LogP contribution in [-0.2, 0) is 26.2 Å². The molecule has 0 radical (unpaired) electrons. The quantitative estimate of drug-likeness (QED) is 0.328. The van der Waals surface area contributed by atoms with Crippen molar-refractivity contribution in [3.63, 3.8) is 0 Å². The molecule has 3 aromatic rings. The zero-order chi connectivity index (χ0) is 29.7. The third kappa shape index (κ3) is 7.90. The molecule has 0 aliphatic heterocycles. The summed E-state index contributed by atoms with van der Waals surface area (Å²) in [4.78, 5) is 28.5. The van der Waals surface area contributed by atoms with Gasteiger partial charge in [-0.1, -0.05) is 53.5 Å². The number of anilines is 1. The molecule has 3 aromatic carbocycles. The Kier molecular flexibility index (Phi) is 10.1. The summed E-state index contributed by atoms with van der Waals surface area (Å²) in [6.45, 7) is 6.56. The summed E-state index contributed by atoms with van der Waals surface area (Å²) in [6.07, 6.45) is 0. The molecule has 0 bridgehead atoms. The molecule has 0 saturated carbocycles. The fraction of sp³-hybridized carbons (Fsp3) is 0.310. The van der Waals surface area contributed by atoms with Crippen molar-refractivity contribution in [2.45, 2.75) is 50.7 Å². The first-order chi connectivity index (χ1) is 18.7. The molecule has 0 unspecified atom stereocenters. The molecule has 2 amide bonds. The third-order valence-electron chi connectivity index (χ3n) is 5.97. The van der Waals surface area contributed by atoms with Crippen LogP contribution in [0, 0.1) is 0 Å². The van der Waals surface area contributed by atoms with Crippen LogP contribution >= 0.6 is 23.2 Å². The summed E-state index contributed by atoms with van der Waals surface area (Å²) < 4.78 is 33.8. The Morgan fingerprint density at radius 3 is 2.15 bits per heavy atom. The number of sulfonamides is 1. The zero-order valence-electron chi connectivity index (χ0n) is 23.0. The van der Waals surface area contributed by atoms with Gasteiger partial charge in [-0.2, -0.15) is 0 Å². The molecule has 11 heteroatoms. The van der Waals surface area contributed by atoms with E-state index in [0.29, 0.717) is 10.8 Å². The van der Waals surface area contributed by atoms with E-state index in [1.807, 2.05) is 20.8 Å². The number of nitrogens with one attached hydrogen (secondary N) is 1. The summed E-state index contributed by atoms with van der Waals surface area (Å²) in [5.74, 6) is -0.341. The molecule has 1 N–H and O–H groups in total. The molecule has 0 aliphatic rings. The molecule has 0 aromatic heterocycles. The Morgan fingerprint density at radius 1 is 0.975 bits per heavy atom. The third-order valence-corrected chi connectivity index (χ3v) is 8.28. The van der Waals surface area contributed by atoms with Crippen LogP contribution in [0.1, 0.15) is 33.3 Å². The van der Waals surface area contributed by atoms with Crippen LogP contribution in [0.5, 0.6) is 5.75 Å². The van der Waals surface area contributed by atoms with Crippen LogP contribution in [0.2, 0.25) is 10.0 Å². The van der Waals surface area contributed by atoms with Crippen LogP contribution < -0.4 is 14.4 Å². The number of hydrogen-bond donors (Lipinski definition) is 1. The Labute approximate surface area is 245 Å². The van der Waals surface area contributed by atoms with Gasteiger partial charge >= 0.3 is 0 Å². The topological polar surface area (TPSA) is 96.0 Å². The number of nitrogens with zero attached hydrogens (tertiary/aromatic N) is 2. The van der Waals surface area contributed by atoms with E-state index in [1.165, 1.54) is 35.2 Å². The van der Waals surface area contributed by atoms with E-state index in [2.05, 4.69) is 5.32 Å². The van der Waals surface area contributed by atoms with Gasteiger partial charge in [-0.05, 0) is 75.7 Å². The highest BCUT2D eigenvalue weighted by Crippen LogP contribution is 2.33. The average molecular weight is 607 g/mol. The van der Waals surface area contributed by atoms with Crippen LogP contribution in [-0.4, -0.2) is 50.4 Å². The van der Waals surface area contributed by atoms with E-state index in [-0.39, 0.29) is 28.1 Å². The van der Waals surface area contributed by atoms with Gasteiger partial charge in [0.1, 0.15) is 18.3 Å². The lowest BCUT2D eigenvalue weighted by Gasteiger charge is -2.33. The number of methoxy groups -OCH3 is 1. The highest BCUT2D eigenvalue weighted by atomic mass is 35.5. The van der Waals surface area contributed by atoms with Crippen LogP contribution in [0.25, 0.3) is 0 Å². The van der Waals surface area contributed by atoms with Gasteiger partial charge in [0.15, 0.2) is 0 Å². The maximum Gasteiger partial charge on any atom is 0.264 e. The monoisotopic (exact) mass is 605 g/mol. The van der Waals surface area contributed by atoms with E-state index in [4.69, 9.17) is 27.9 Å². The first kappa shape index (κ1) is 31.3. The van der Waals surface area contributed by atoms with Crippen molar-refractivity contribution in [2.75, 3.05) is 18.0 Å². The zero-order valence-corrected chi connectivity index (χ0v) is 25.3. The number of halogens is 2. The van der Waals surface area contributed by atoms with Gasteiger partial charge in [0.25, 0.3) is 10.0 Å². The van der Waals surface area contributed by atoms with Gasteiger partial charge < -0.3 is 15.0 Å². The van der Waals surface area contributed by atoms with Crippen LogP contribution in [0.3, 0.4) is 0 Å². The Morgan fingerprint density at radius 2 is 1.60 bits per heavy atom. The maximum absolute atomic E-state index is 14.0. The number of carbonyl (C=O) groups excluding carboxylic acids is 2. The van der Waals surface area contributed by atoms with Crippen molar-refractivity contribution in [1.29, 1.82) is 0 Å². The second-order valence-electron chi connectivity index (χ2n) is 10.2. The number of ether oxygens (including phenoxy) is 1. The van der Waals surface area contributed by atoms with E-state index in [1.54, 1.807) is 56.5 Å². The van der Waals surface area contributed by atoms with Gasteiger partial charge in [-0.25, -0.2) is 8.42 Å². The number of hydrogen-bond acceptors (Lipinski definition) is 5. The second kappa shape index (κ2) is 12.9. The summed E-state index contributed by atoms with van der Waals surface area (Å²) in [5.41, 5.74) is 0.269. The average Bonchev–Trinajstić information content (AvgIpc) is 2.90. The van der Waals surface area contributed by atoms with Crippen molar-refractivity contribution in [1.82, 2.24) is 10.2 Å². The van der Waals surface area contributed by atoms with Crippen LogP contribution in [0.4, 0.5) is 5.69 Å². The summed E-state index contributed by atoms with van der Waals surface area (Å²) in [6, 6.07) is 18.2. The van der Waals surface area contributed by atoms with Crippen LogP contribution in [0.15, 0.2) is 77.7 Å². The second-order valence-corrected chi connectivity index (χ2v) is 12.9. The van der Waals surface area contributed by atoms with Crippen molar-refractivity contribution in [3.05, 3.63) is 88.4 Å². The lowest BCUT2D eigenvalue weighted by atomic mass is 10.1. The minimum absolute atomic E-state index is 0.0194. The van der Waals surface area contributed by atoms with Crippen molar-refractivity contribution in [3.8, 4) is 5.75 Å². The predicted octanol–water partition coefficient (Wildman–Crippen LogP) is 5.53. The molecular weight excluding hydrogens is 573 g/mol. The molecule has 214 valence electrons. The van der Waals surface area contributed by atoms with Gasteiger partial charge in [-0.3, -0.25) is 13.9 Å². The van der Waals surface area contributed by atoms with E-state index in [0.717, 1.165) is 9.87 Å². The van der Waals surface area contributed by atoms with E-state index in [9.17, 15) is 18.0 Å². The molecule has 3 rings (SSSR count). The molecule has 0 saturated heterocycles. The molecule has 0 fully saturated rings. The first-order valence-corrected chi connectivity index (χ1v) is 14.7. The van der Waals surface area contributed by atoms with E-state index < -0.39 is 34.1 Å². The summed E-state index contributed by atoms with van der Waals surface area (Å²) >= 11 is 12.5. The number of rotatable bonds is 10. The standard InChI is InChI=1S/C29H33Cl2N3O5S/c1-20(28(36)32-29(2,3)4)33(18-21-11-14-23(39-5)15-12-21)27(35)19-34(26-16-13-22(30)17-25(26)31)40(37,38)24-9-7-6-8-10-24/h6-17,20H,18-19H2,1-5H3,(H,32,36)/t20-/m1/s1. The fourth-order valence-electron chi connectivity index (χ4n) is 3.90. The Bertz CT molecular complexity index is 1440. The summed E-state index contributed by atoms with van der Waals surface area (Å²) in [7, 11) is -2.68. The number of amides is 2. The van der Waals surface area contributed by atoms with Gasteiger partial charge in [-0.15, -0.1) is 0 Å². The molecule has 1 atom stereocenters. The molecule has 40 heavy (non-hydrogen) atoms. The fourth-order valence-corrected chi connectivity index (χ4v) is 5.92. The van der Waals surface area contributed by atoms with Gasteiger partial charge in [0, 0.05) is 17.1 Å². The largest absolute Gasteiger partial charge is 0.497 e. The molecule has 0 heterocycles. The lowest BCUT2D eigenvalue weighted by Crippen LogP contribution is -2.54. The van der Waals surface area contributed by atoms with Gasteiger partial charge in [0.2, 0.25) is 11.8 Å². The molecule has 0 aliphatic carbocycles. The highest BCUT2D eigenvalue weighted by molar-refractivity contribution is 7.92. The smallest absolute Gasteiger partial charge is 0.264 e. The SMILES string of the molecule is COc1ccc(CN(C(=O)CN(c2ccc(Cl)cc2Cl)S(=O)(=O)c2ccccc2)[C@H](C)C(=O)NC(C)(C)C)cc1. The van der Waals surface area contributed by atoms with Crippen molar-refractivity contribution < 1.29 is 22.7 Å².